The molecule has 0 spiro atoms. The number of hydrogen-bond donors (Lipinski definition) is 1. The van der Waals surface area contributed by atoms with Gasteiger partial charge in [-0.1, -0.05) is 6.92 Å². The second kappa shape index (κ2) is 8.32. The van der Waals surface area contributed by atoms with E-state index >= 15 is 0 Å². The van der Waals surface area contributed by atoms with E-state index in [0.29, 0.717) is 18.6 Å². The lowest BCUT2D eigenvalue weighted by atomic mass is 10.1. The lowest BCUT2D eigenvalue weighted by Gasteiger charge is -2.32. The molecule has 0 unspecified atom stereocenters. The van der Waals surface area contributed by atoms with Crippen LogP contribution in [-0.2, 0) is 11.3 Å². The van der Waals surface area contributed by atoms with Crippen LogP contribution in [0.2, 0.25) is 0 Å². The number of piperidine rings is 1. The van der Waals surface area contributed by atoms with Crippen molar-refractivity contribution in [3.63, 3.8) is 0 Å². The van der Waals surface area contributed by atoms with Gasteiger partial charge in [-0.3, -0.25) is 14.4 Å². The Hall–Kier alpha value is -1.40. The summed E-state index contributed by atoms with van der Waals surface area (Å²) in [5.74, 6) is 0.190. The summed E-state index contributed by atoms with van der Waals surface area (Å²) in [5.41, 5.74) is 2.27. The van der Waals surface area contributed by atoms with Gasteiger partial charge >= 0.3 is 0 Å². The van der Waals surface area contributed by atoms with Crippen molar-refractivity contribution in [3.05, 3.63) is 17.5 Å². The van der Waals surface area contributed by atoms with Gasteiger partial charge in [0.05, 0.1) is 18.8 Å². The van der Waals surface area contributed by atoms with Gasteiger partial charge in [-0.25, -0.2) is 0 Å². The van der Waals surface area contributed by atoms with Gasteiger partial charge in [-0.05, 0) is 58.7 Å². The van der Waals surface area contributed by atoms with Crippen molar-refractivity contribution >= 4 is 5.91 Å². The molecule has 0 bridgehead atoms. The normalized spacial score (nSPS) is 23.2. The first-order valence-corrected chi connectivity index (χ1v) is 9.82. The van der Waals surface area contributed by atoms with Crippen molar-refractivity contribution in [3.8, 4) is 0 Å². The van der Waals surface area contributed by atoms with Crippen LogP contribution >= 0.6 is 0 Å². The molecule has 1 N–H and O–H groups in total. The van der Waals surface area contributed by atoms with E-state index in [2.05, 4.69) is 44.8 Å². The number of carbonyl (C=O) groups is 1. The number of carbonyl (C=O) groups excluding carboxylic acids is 1. The molecule has 1 aromatic rings. The van der Waals surface area contributed by atoms with E-state index < -0.39 is 0 Å². The molecule has 1 atom stereocenters. The molecule has 3 heterocycles. The SMILES string of the molecule is CCN1CCC(NC(=O)CN2CCC[C@H]2Cn2nc(C)cc2C)CC1. The molecule has 25 heavy (non-hydrogen) atoms. The van der Waals surface area contributed by atoms with Crippen molar-refractivity contribution < 1.29 is 4.79 Å². The smallest absolute Gasteiger partial charge is 0.234 e. The molecule has 3 rings (SSSR count). The van der Waals surface area contributed by atoms with E-state index in [1.807, 2.05) is 6.92 Å². The first kappa shape index (κ1) is 18.4. The highest BCUT2D eigenvalue weighted by Crippen LogP contribution is 2.19. The molecule has 0 aliphatic carbocycles. The summed E-state index contributed by atoms with van der Waals surface area (Å²) in [5, 5.41) is 7.84. The van der Waals surface area contributed by atoms with Crippen LogP contribution in [0.5, 0.6) is 0 Å². The molecule has 2 aliphatic heterocycles. The first-order valence-electron chi connectivity index (χ1n) is 9.82. The van der Waals surface area contributed by atoms with E-state index in [9.17, 15) is 4.79 Å². The average molecular weight is 348 g/mol. The molecule has 0 radical (unpaired) electrons. The number of likely N-dealkylation sites (tertiary alicyclic amines) is 2. The van der Waals surface area contributed by atoms with Gasteiger partial charge in [0, 0.05) is 30.9 Å². The third kappa shape index (κ3) is 4.82. The molecule has 0 saturated carbocycles. The maximum absolute atomic E-state index is 12.5. The lowest BCUT2D eigenvalue weighted by molar-refractivity contribution is -0.123. The van der Waals surface area contributed by atoms with Crippen LogP contribution in [0.25, 0.3) is 0 Å². The molecular formula is C19H33N5O. The third-order valence-electron chi connectivity index (χ3n) is 5.73. The summed E-state index contributed by atoms with van der Waals surface area (Å²) < 4.78 is 2.09. The van der Waals surface area contributed by atoms with Crippen molar-refractivity contribution in [2.75, 3.05) is 32.7 Å². The van der Waals surface area contributed by atoms with Gasteiger partial charge in [0.2, 0.25) is 5.91 Å². The Kier molecular flexibility index (Phi) is 6.12. The molecule has 140 valence electrons. The largest absolute Gasteiger partial charge is 0.352 e. The Morgan fingerprint density at radius 1 is 1.24 bits per heavy atom. The Morgan fingerprint density at radius 2 is 2.00 bits per heavy atom. The second-order valence-electron chi connectivity index (χ2n) is 7.65. The van der Waals surface area contributed by atoms with Crippen LogP contribution in [0.1, 0.15) is 44.0 Å². The summed E-state index contributed by atoms with van der Waals surface area (Å²) in [7, 11) is 0. The van der Waals surface area contributed by atoms with E-state index in [1.165, 1.54) is 12.1 Å². The Balaban J connectivity index is 1.48. The molecule has 1 aromatic heterocycles. The number of nitrogens with one attached hydrogen (secondary N) is 1. The molecule has 1 amide bonds. The highest BCUT2D eigenvalue weighted by atomic mass is 16.2. The van der Waals surface area contributed by atoms with Gasteiger partial charge in [0.1, 0.15) is 0 Å². The topological polar surface area (TPSA) is 53.4 Å². The molecule has 0 aromatic carbocycles. The van der Waals surface area contributed by atoms with Crippen molar-refractivity contribution in [1.82, 2.24) is 24.9 Å². The number of hydrogen-bond acceptors (Lipinski definition) is 4. The molecule has 2 fully saturated rings. The number of nitrogens with zero attached hydrogens (tertiary/aromatic N) is 4. The molecular weight excluding hydrogens is 314 g/mol. The van der Waals surface area contributed by atoms with Gasteiger partial charge < -0.3 is 10.2 Å². The summed E-state index contributed by atoms with van der Waals surface area (Å²) in [6.07, 6.45) is 4.48. The first-order chi connectivity index (χ1) is 12.0. The predicted octanol–water partition coefficient (Wildman–Crippen LogP) is 1.56. The second-order valence-corrected chi connectivity index (χ2v) is 7.65. The Labute approximate surface area is 151 Å². The summed E-state index contributed by atoms with van der Waals surface area (Å²) >= 11 is 0. The van der Waals surface area contributed by atoms with E-state index in [1.54, 1.807) is 0 Å². The summed E-state index contributed by atoms with van der Waals surface area (Å²) in [4.78, 5) is 17.3. The minimum absolute atomic E-state index is 0.190. The maximum atomic E-state index is 12.5. The zero-order chi connectivity index (χ0) is 17.8. The molecule has 2 aliphatic rings. The quantitative estimate of drug-likeness (QED) is 0.849. The van der Waals surface area contributed by atoms with Crippen LogP contribution in [-0.4, -0.2) is 70.3 Å². The van der Waals surface area contributed by atoms with Gasteiger partial charge in [-0.2, -0.15) is 5.10 Å². The lowest BCUT2D eigenvalue weighted by Crippen LogP contribution is -2.48. The van der Waals surface area contributed by atoms with Crippen LogP contribution in [0.4, 0.5) is 0 Å². The maximum Gasteiger partial charge on any atom is 0.234 e. The van der Waals surface area contributed by atoms with Gasteiger partial charge in [-0.15, -0.1) is 0 Å². The third-order valence-corrected chi connectivity index (χ3v) is 5.73. The van der Waals surface area contributed by atoms with Gasteiger partial charge in [0.15, 0.2) is 0 Å². The van der Waals surface area contributed by atoms with Crippen LogP contribution < -0.4 is 5.32 Å². The fraction of sp³-hybridized carbons (Fsp3) is 0.789. The Morgan fingerprint density at radius 3 is 2.64 bits per heavy atom. The van der Waals surface area contributed by atoms with Crippen molar-refractivity contribution in [1.29, 1.82) is 0 Å². The fourth-order valence-corrected chi connectivity index (χ4v) is 4.22. The monoisotopic (exact) mass is 347 g/mol. The van der Waals surface area contributed by atoms with Crippen LogP contribution in [0, 0.1) is 13.8 Å². The zero-order valence-corrected chi connectivity index (χ0v) is 16.0. The summed E-state index contributed by atoms with van der Waals surface area (Å²) in [6, 6.07) is 2.90. The van der Waals surface area contributed by atoms with E-state index in [-0.39, 0.29) is 5.91 Å². The van der Waals surface area contributed by atoms with Crippen LogP contribution in [0.15, 0.2) is 6.07 Å². The Bertz CT molecular complexity index is 576. The predicted molar refractivity (Wildman–Crippen MR) is 99.6 cm³/mol. The average Bonchev–Trinajstić information content (AvgIpc) is 3.14. The standard InChI is InChI=1S/C19H33N5O/c1-4-22-10-7-17(8-11-22)20-19(25)14-23-9-5-6-18(23)13-24-16(3)12-15(2)21-24/h12,17-18H,4-11,13-14H2,1-3H3,(H,20,25)/t18-/m0/s1. The van der Waals surface area contributed by atoms with Crippen molar-refractivity contribution in [2.24, 2.45) is 0 Å². The van der Waals surface area contributed by atoms with E-state index in [4.69, 9.17) is 0 Å². The molecule has 6 heteroatoms. The number of amides is 1. The molecule has 2 saturated heterocycles. The highest BCUT2D eigenvalue weighted by molar-refractivity contribution is 5.78. The number of aromatic nitrogens is 2. The zero-order valence-electron chi connectivity index (χ0n) is 16.0. The van der Waals surface area contributed by atoms with Crippen molar-refractivity contribution in [2.45, 2.75) is 65.1 Å². The minimum Gasteiger partial charge on any atom is -0.352 e. The van der Waals surface area contributed by atoms with Gasteiger partial charge in [0.25, 0.3) is 0 Å². The van der Waals surface area contributed by atoms with E-state index in [0.717, 1.165) is 57.7 Å². The number of rotatable bonds is 6. The highest BCUT2D eigenvalue weighted by Gasteiger charge is 2.28. The van der Waals surface area contributed by atoms with Crippen LogP contribution in [0.3, 0.4) is 0 Å². The molecule has 6 nitrogen and oxygen atoms in total. The summed E-state index contributed by atoms with van der Waals surface area (Å²) in [6.45, 7) is 12.1. The minimum atomic E-state index is 0.190. The fourth-order valence-electron chi connectivity index (χ4n) is 4.22. The number of aryl methyl sites for hydroxylation is 2.